The lowest BCUT2D eigenvalue weighted by atomic mass is 10.2. The highest BCUT2D eigenvalue weighted by Crippen LogP contribution is 2.34. The highest BCUT2D eigenvalue weighted by Gasteiger charge is 2.21. The lowest BCUT2D eigenvalue weighted by Crippen LogP contribution is -2.19. The maximum Gasteiger partial charge on any atom is 0.315 e. The summed E-state index contributed by atoms with van der Waals surface area (Å²) < 4.78 is 0. The van der Waals surface area contributed by atoms with Gasteiger partial charge >= 0.3 is 5.69 Å². The predicted octanol–water partition coefficient (Wildman–Crippen LogP) is 2.87. The molecule has 0 aromatic heterocycles. The molecule has 1 aromatic carbocycles. The molecule has 1 rings (SSSR count). The van der Waals surface area contributed by atoms with E-state index in [1.807, 2.05) is 18.0 Å². The summed E-state index contributed by atoms with van der Waals surface area (Å²) in [5, 5.41) is 14.0. The molecule has 0 atom stereocenters. The number of hydrogen-bond acceptors (Lipinski definition) is 4. The molecule has 94 valence electrons. The van der Waals surface area contributed by atoms with Crippen molar-refractivity contribution in [3.05, 3.63) is 28.3 Å². The molecule has 5 heteroatoms. The number of nitrogens with zero attached hydrogens (tertiary/aromatic N) is 2. The van der Waals surface area contributed by atoms with Gasteiger partial charge in [-0.3, -0.25) is 10.1 Å². The van der Waals surface area contributed by atoms with Gasteiger partial charge in [-0.1, -0.05) is 19.4 Å². The number of nitro groups is 1. The van der Waals surface area contributed by atoms with Crippen LogP contribution < -0.4 is 10.2 Å². The average Bonchev–Trinajstić information content (AvgIpc) is 2.34. The Morgan fingerprint density at radius 3 is 2.71 bits per heavy atom. The van der Waals surface area contributed by atoms with Crippen molar-refractivity contribution < 1.29 is 4.92 Å². The first-order chi connectivity index (χ1) is 8.11. The maximum atomic E-state index is 11.1. The summed E-state index contributed by atoms with van der Waals surface area (Å²) in [6.07, 6.45) is 2.10. The molecular formula is C12H19N3O2. The van der Waals surface area contributed by atoms with E-state index in [9.17, 15) is 10.1 Å². The predicted molar refractivity (Wildman–Crippen MR) is 70.8 cm³/mol. The summed E-state index contributed by atoms with van der Waals surface area (Å²) in [5.74, 6) is 0. The van der Waals surface area contributed by atoms with E-state index in [0.29, 0.717) is 11.4 Å². The first-order valence-electron chi connectivity index (χ1n) is 5.78. The molecule has 0 unspecified atom stereocenters. The second kappa shape index (κ2) is 6.08. The van der Waals surface area contributed by atoms with Crippen LogP contribution >= 0.6 is 0 Å². The Morgan fingerprint density at radius 2 is 2.18 bits per heavy atom. The van der Waals surface area contributed by atoms with Crippen LogP contribution in [0.2, 0.25) is 0 Å². The maximum absolute atomic E-state index is 11.1. The highest BCUT2D eigenvalue weighted by molar-refractivity contribution is 5.76. The second-order valence-corrected chi connectivity index (χ2v) is 3.96. The number of para-hydroxylation sites is 1. The number of hydrogen-bond donors (Lipinski definition) is 1. The number of rotatable bonds is 6. The van der Waals surface area contributed by atoms with Gasteiger partial charge in [0, 0.05) is 20.6 Å². The molecule has 0 heterocycles. The number of unbranched alkanes of at least 4 members (excludes halogenated alkanes) is 1. The zero-order chi connectivity index (χ0) is 12.8. The minimum absolute atomic E-state index is 0.147. The zero-order valence-electron chi connectivity index (χ0n) is 10.6. The third kappa shape index (κ3) is 3.09. The van der Waals surface area contributed by atoms with Gasteiger partial charge in [-0.2, -0.15) is 0 Å². The molecule has 1 aromatic rings. The Labute approximate surface area is 102 Å². The summed E-state index contributed by atoms with van der Waals surface area (Å²) in [5.41, 5.74) is 1.36. The fraction of sp³-hybridized carbons (Fsp3) is 0.500. The first kappa shape index (κ1) is 13.3. The molecule has 0 aliphatic heterocycles. The van der Waals surface area contributed by atoms with Gasteiger partial charge in [-0.05, 0) is 18.6 Å². The van der Waals surface area contributed by atoms with Crippen molar-refractivity contribution in [2.45, 2.75) is 19.8 Å². The molecule has 0 aliphatic rings. The monoisotopic (exact) mass is 237 g/mol. The molecule has 0 amide bonds. The van der Waals surface area contributed by atoms with E-state index in [2.05, 4.69) is 12.2 Å². The lowest BCUT2D eigenvalue weighted by molar-refractivity contribution is -0.383. The SMILES string of the molecule is CCCCN(C)c1cccc(NC)c1[N+](=O)[O-]. The van der Waals surface area contributed by atoms with E-state index in [1.54, 1.807) is 19.2 Å². The van der Waals surface area contributed by atoms with Crippen molar-refractivity contribution in [2.75, 3.05) is 30.9 Å². The quantitative estimate of drug-likeness (QED) is 0.610. The Balaban J connectivity index is 3.09. The topological polar surface area (TPSA) is 58.4 Å². The molecule has 0 spiro atoms. The van der Waals surface area contributed by atoms with Crippen LogP contribution in [0.5, 0.6) is 0 Å². The molecule has 0 saturated heterocycles. The molecule has 0 radical (unpaired) electrons. The summed E-state index contributed by atoms with van der Waals surface area (Å²) in [4.78, 5) is 12.7. The van der Waals surface area contributed by atoms with Crippen LogP contribution in [0.4, 0.5) is 17.1 Å². The molecule has 0 fully saturated rings. The van der Waals surface area contributed by atoms with Gasteiger partial charge in [-0.15, -0.1) is 0 Å². The van der Waals surface area contributed by atoms with Crippen LogP contribution in [0.15, 0.2) is 18.2 Å². The van der Waals surface area contributed by atoms with Gasteiger partial charge in [-0.25, -0.2) is 0 Å². The Morgan fingerprint density at radius 1 is 1.47 bits per heavy atom. The zero-order valence-corrected chi connectivity index (χ0v) is 10.6. The van der Waals surface area contributed by atoms with E-state index in [-0.39, 0.29) is 10.6 Å². The first-order valence-corrected chi connectivity index (χ1v) is 5.78. The molecule has 1 N–H and O–H groups in total. The highest BCUT2D eigenvalue weighted by atomic mass is 16.6. The van der Waals surface area contributed by atoms with Crippen molar-refractivity contribution >= 4 is 17.1 Å². The fourth-order valence-electron chi connectivity index (χ4n) is 1.75. The van der Waals surface area contributed by atoms with Gasteiger partial charge in [0.05, 0.1) is 4.92 Å². The third-order valence-corrected chi connectivity index (χ3v) is 2.72. The molecule has 17 heavy (non-hydrogen) atoms. The van der Waals surface area contributed by atoms with Gasteiger partial charge in [0.1, 0.15) is 11.4 Å². The third-order valence-electron chi connectivity index (χ3n) is 2.72. The van der Waals surface area contributed by atoms with Crippen LogP contribution in [0.1, 0.15) is 19.8 Å². The number of benzene rings is 1. The standard InChI is InChI=1S/C12H19N3O2/c1-4-5-9-14(3)11-8-6-7-10(13-2)12(11)15(16)17/h6-8,13H,4-5,9H2,1-3H3. The average molecular weight is 237 g/mol. The van der Waals surface area contributed by atoms with Crippen molar-refractivity contribution in [3.63, 3.8) is 0 Å². The lowest BCUT2D eigenvalue weighted by Gasteiger charge is -2.19. The number of nitrogens with one attached hydrogen (secondary N) is 1. The van der Waals surface area contributed by atoms with Gasteiger partial charge < -0.3 is 10.2 Å². The van der Waals surface area contributed by atoms with E-state index < -0.39 is 0 Å². The number of nitro benzene ring substituents is 1. The summed E-state index contributed by atoms with van der Waals surface area (Å²) in [6.45, 7) is 2.93. The normalized spacial score (nSPS) is 10.1. The van der Waals surface area contributed by atoms with Gasteiger partial charge in [0.25, 0.3) is 0 Å². The van der Waals surface area contributed by atoms with Crippen LogP contribution in [0.25, 0.3) is 0 Å². The van der Waals surface area contributed by atoms with Crippen LogP contribution in [-0.4, -0.2) is 25.6 Å². The molecule has 5 nitrogen and oxygen atoms in total. The van der Waals surface area contributed by atoms with E-state index >= 15 is 0 Å². The van der Waals surface area contributed by atoms with Crippen molar-refractivity contribution in [1.82, 2.24) is 0 Å². The summed E-state index contributed by atoms with van der Waals surface area (Å²) >= 11 is 0. The van der Waals surface area contributed by atoms with Crippen LogP contribution in [0.3, 0.4) is 0 Å². The van der Waals surface area contributed by atoms with Gasteiger partial charge in [0.15, 0.2) is 0 Å². The van der Waals surface area contributed by atoms with Gasteiger partial charge in [0.2, 0.25) is 0 Å². The van der Waals surface area contributed by atoms with Crippen LogP contribution in [-0.2, 0) is 0 Å². The van der Waals surface area contributed by atoms with Crippen molar-refractivity contribution in [3.8, 4) is 0 Å². The fourth-order valence-corrected chi connectivity index (χ4v) is 1.75. The Bertz CT molecular complexity index is 393. The minimum Gasteiger partial charge on any atom is -0.382 e. The molecular weight excluding hydrogens is 218 g/mol. The summed E-state index contributed by atoms with van der Waals surface area (Å²) in [6, 6.07) is 5.33. The molecule has 0 saturated carbocycles. The molecule has 0 aliphatic carbocycles. The van der Waals surface area contributed by atoms with E-state index in [4.69, 9.17) is 0 Å². The number of anilines is 2. The largest absolute Gasteiger partial charge is 0.382 e. The Hall–Kier alpha value is -1.78. The van der Waals surface area contributed by atoms with Crippen molar-refractivity contribution in [2.24, 2.45) is 0 Å². The van der Waals surface area contributed by atoms with E-state index in [1.165, 1.54) is 0 Å². The van der Waals surface area contributed by atoms with Crippen molar-refractivity contribution in [1.29, 1.82) is 0 Å². The summed E-state index contributed by atoms with van der Waals surface area (Å²) in [7, 11) is 3.58. The van der Waals surface area contributed by atoms with Crippen LogP contribution in [0, 0.1) is 10.1 Å². The van der Waals surface area contributed by atoms with E-state index in [0.717, 1.165) is 19.4 Å². The smallest absolute Gasteiger partial charge is 0.315 e. The molecule has 0 bridgehead atoms. The minimum atomic E-state index is -0.330. The second-order valence-electron chi connectivity index (χ2n) is 3.96. The Kier molecular flexibility index (Phi) is 4.75.